The van der Waals surface area contributed by atoms with E-state index >= 15 is 0 Å². The maximum Gasteiger partial charge on any atom is 0.304 e. The van der Waals surface area contributed by atoms with Crippen LogP contribution in [-0.2, 0) is 11.3 Å². The molecule has 1 atom stereocenters. The number of hydrogen-bond donors (Lipinski definition) is 1. The first kappa shape index (κ1) is 13.8. The van der Waals surface area contributed by atoms with Crippen LogP contribution >= 0.6 is 0 Å². The summed E-state index contributed by atoms with van der Waals surface area (Å²) in [7, 11) is 0. The van der Waals surface area contributed by atoms with Gasteiger partial charge in [-0.05, 0) is 19.4 Å². The van der Waals surface area contributed by atoms with Gasteiger partial charge in [-0.1, -0.05) is 30.3 Å². The van der Waals surface area contributed by atoms with E-state index in [1.165, 1.54) is 0 Å². The smallest absolute Gasteiger partial charge is 0.304 e. The van der Waals surface area contributed by atoms with E-state index in [2.05, 4.69) is 9.88 Å². The number of rotatable bonds is 5. The first-order valence-corrected chi connectivity index (χ1v) is 7.18. The van der Waals surface area contributed by atoms with Crippen molar-refractivity contribution in [3.8, 4) is 11.3 Å². The third-order valence-electron chi connectivity index (χ3n) is 3.86. The highest BCUT2D eigenvalue weighted by Crippen LogP contribution is 2.24. The topological polar surface area (TPSA) is 66.6 Å². The minimum Gasteiger partial charge on any atom is -0.481 e. The van der Waals surface area contributed by atoms with Gasteiger partial charge < -0.3 is 9.52 Å². The standard InChI is InChI=1S/C16H18N2O3/c19-16(20)9-13-7-4-8-18(13)11-15-17-10-14(21-15)12-5-2-1-3-6-12/h1-3,5-6,10,13H,4,7-9,11H2,(H,19,20). The highest BCUT2D eigenvalue weighted by Gasteiger charge is 2.27. The number of hydrogen-bond acceptors (Lipinski definition) is 4. The third-order valence-corrected chi connectivity index (χ3v) is 3.86. The van der Waals surface area contributed by atoms with Crippen LogP contribution in [0.15, 0.2) is 40.9 Å². The average molecular weight is 286 g/mol. The maximum atomic E-state index is 10.9. The molecule has 0 radical (unpaired) electrons. The number of carboxylic acids is 1. The third kappa shape index (κ3) is 3.31. The van der Waals surface area contributed by atoms with Crippen LogP contribution in [0.4, 0.5) is 0 Å². The van der Waals surface area contributed by atoms with E-state index < -0.39 is 5.97 Å². The molecule has 1 aliphatic heterocycles. The second kappa shape index (κ2) is 6.10. The average Bonchev–Trinajstić information content (AvgIpc) is 3.10. The fourth-order valence-corrected chi connectivity index (χ4v) is 2.83. The van der Waals surface area contributed by atoms with Crippen LogP contribution in [0.3, 0.4) is 0 Å². The molecular formula is C16H18N2O3. The van der Waals surface area contributed by atoms with Gasteiger partial charge >= 0.3 is 5.97 Å². The molecule has 0 saturated carbocycles. The van der Waals surface area contributed by atoms with Gasteiger partial charge in [0.05, 0.1) is 19.2 Å². The molecule has 5 nitrogen and oxygen atoms in total. The lowest BCUT2D eigenvalue weighted by Gasteiger charge is -2.21. The predicted molar refractivity (Wildman–Crippen MR) is 77.6 cm³/mol. The summed E-state index contributed by atoms with van der Waals surface area (Å²) in [5.41, 5.74) is 1.000. The molecule has 1 aromatic carbocycles. The normalized spacial score (nSPS) is 19.0. The molecule has 5 heteroatoms. The van der Waals surface area contributed by atoms with E-state index in [9.17, 15) is 4.79 Å². The number of nitrogens with zero attached hydrogens (tertiary/aromatic N) is 2. The van der Waals surface area contributed by atoms with E-state index in [-0.39, 0.29) is 12.5 Å². The van der Waals surface area contributed by atoms with Crippen molar-refractivity contribution in [1.29, 1.82) is 0 Å². The zero-order chi connectivity index (χ0) is 14.7. The van der Waals surface area contributed by atoms with Gasteiger partial charge in [0.2, 0.25) is 5.89 Å². The summed E-state index contributed by atoms with van der Waals surface area (Å²) in [6.07, 6.45) is 3.88. The molecule has 0 bridgehead atoms. The minimum atomic E-state index is -0.746. The molecule has 1 saturated heterocycles. The molecule has 1 N–H and O–H groups in total. The van der Waals surface area contributed by atoms with Crippen LogP contribution in [0.25, 0.3) is 11.3 Å². The number of carboxylic acid groups (broad SMARTS) is 1. The van der Waals surface area contributed by atoms with Gasteiger partial charge in [-0.3, -0.25) is 9.69 Å². The van der Waals surface area contributed by atoms with Crippen LogP contribution < -0.4 is 0 Å². The second-order valence-electron chi connectivity index (χ2n) is 5.35. The van der Waals surface area contributed by atoms with Gasteiger partial charge in [-0.15, -0.1) is 0 Å². The quantitative estimate of drug-likeness (QED) is 0.915. The molecule has 1 aromatic heterocycles. The predicted octanol–water partition coefficient (Wildman–Crippen LogP) is 2.78. The second-order valence-corrected chi connectivity index (χ2v) is 5.35. The van der Waals surface area contributed by atoms with Crippen molar-refractivity contribution in [2.24, 2.45) is 0 Å². The molecule has 1 unspecified atom stereocenters. The van der Waals surface area contributed by atoms with Gasteiger partial charge in [-0.2, -0.15) is 0 Å². The fourth-order valence-electron chi connectivity index (χ4n) is 2.83. The Bertz CT molecular complexity index is 609. The Morgan fingerprint density at radius 1 is 1.38 bits per heavy atom. The highest BCUT2D eigenvalue weighted by molar-refractivity contribution is 5.67. The van der Waals surface area contributed by atoms with Gasteiger partial charge in [0.25, 0.3) is 0 Å². The summed E-state index contributed by atoms with van der Waals surface area (Å²) in [5, 5.41) is 8.94. The van der Waals surface area contributed by atoms with E-state index in [4.69, 9.17) is 9.52 Å². The molecule has 110 valence electrons. The Labute approximate surface area is 123 Å². The Balaban J connectivity index is 1.68. The molecule has 0 aliphatic carbocycles. The summed E-state index contributed by atoms with van der Waals surface area (Å²) >= 11 is 0. The Morgan fingerprint density at radius 2 is 2.19 bits per heavy atom. The molecule has 2 aromatic rings. The number of aliphatic carboxylic acids is 1. The van der Waals surface area contributed by atoms with E-state index in [0.29, 0.717) is 12.4 Å². The van der Waals surface area contributed by atoms with Crippen LogP contribution in [0.2, 0.25) is 0 Å². The monoisotopic (exact) mass is 286 g/mol. The number of benzene rings is 1. The molecule has 1 fully saturated rings. The zero-order valence-corrected chi connectivity index (χ0v) is 11.7. The fraction of sp³-hybridized carbons (Fsp3) is 0.375. The number of carbonyl (C=O) groups is 1. The molecular weight excluding hydrogens is 268 g/mol. The molecule has 21 heavy (non-hydrogen) atoms. The van der Waals surface area contributed by atoms with Crippen LogP contribution in [-0.4, -0.2) is 33.5 Å². The number of likely N-dealkylation sites (tertiary alicyclic amines) is 1. The van der Waals surface area contributed by atoms with Crippen molar-refractivity contribution in [3.05, 3.63) is 42.4 Å². The van der Waals surface area contributed by atoms with Crippen LogP contribution in [0, 0.1) is 0 Å². The van der Waals surface area contributed by atoms with Crippen molar-refractivity contribution in [1.82, 2.24) is 9.88 Å². The minimum absolute atomic E-state index is 0.0922. The summed E-state index contributed by atoms with van der Waals surface area (Å²) in [6.45, 7) is 1.48. The van der Waals surface area contributed by atoms with Crippen LogP contribution in [0.5, 0.6) is 0 Å². The van der Waals surface area contributed by atoms with Gasteiger partial charge in [0, 0.05) is 11.6 Å². The molecule has 3 rings (SSSR count). The van der Waals surface area contributed by atoms with E-state index in [1.54, 1.807) is 6.20 Å². The lowest BCUT2D eigenvalue weighted by Crippen LogP contribution is -2.30. The largest absolute Gasteiger partial charge is 0.481 e. The van der Waals surface area contributed by atoms with Crippen molar-refractivity contribution in [2.45, 2.75) is 31.8 Å². The summed E-state index contributed by atoms with van der Waals surface area (Å²) in [5.74, 6) is 0.648. The Morgan fingerprint density at radius 3 is 2.95 bits per heavy atom. The first-order chi connectivity index (χ1) is 10.2. The molecule has 0 amide bonds. The SMILES string of the molecule is O=C(O)CC1CCCN1Cc1ncc(-c2ccccc2)o1. The van der Waals surface area contributed by atoms with Crippen molar-refractivity contribution in [2.75, 3.05) is 6.54 Å². The Hall–Kier alpha value is -2.14. The van der Waals surface area contributed by atoms with Gasteiger partial charge in [0.1, 0.15) is 0 Å². The molecule has 2 heterocycles. The van der Waals surface area contributed by atoms with Crippen molar-refractivity contribution < 1.29 is 14.3 Å². The zero-order valence-electron chi connectivity index (χ0n) is 11.7. The number of oxazole rings is 1. The van der Waals surface area contributed by atoms with Gasteiger partial charge in [0.15, 0.2) is 5.76 Å². The lowest BCUT2D eigenvalue weighted by molar-refractivity contribution is -0.138. The van der Waals surface area contributed by atoms with Gasteiger partial charge in [-0.25, -0.2) is 4.98 Å². The molecule has 1 aliphatic rings. The lowest BCUT2D eigenvalue weighted by atomic mass is 10.1. The van der Waals surface area contributed by atoms with E-state index in [1.807, 2.05) is 30.3 Å². The Kier molecular flexibility index (Phi) is 4.01. The maximum absolute atomic E-state index is 10.9. The summed E-state index contributed by atoms with van der Waals surface area (Å²) in [4.78, 5) is 17.3. The van der Waals surface area contributed by atoms with Crippen molar-refractivity contribution in [3.63, 3.8) is 0 Å². The number of aromatic nitrogens is 1. The summed E-state index contributed by atoms with van der Waals surface area (Å²) in [6, 6.07) is 9.93. The summed E-state index contributed by atoms with van der Waals surface area (Å²) < 4.78 is 5.78. The van der Waals surface area contributed by atoms with Crippen LogP contribution in [0.1, 0.15) is 25.2 Å². The van der Waals surface area contributed by atoms with Crippen molar-refractivity contribution >= 4 is 5.97 Å². The van der Waals surface area contributed by atoms with E-state index in [0.717, 1.165) is 30.7 Å². The highest BCUT2D eigenvalue weighted by atomic mass is 16.4. The first-order valence-electron chi connectivity index (χ1n) is 7.18. The molecule has 0 spiro atoms.